The van der Waals surface area contributed by atoms with Gasteiger partial charge < -0.3 is 11.1 Å². The number of nitrogen functional groups attached to an aromatic ring is 1. The number of nitrogens with two attached hydrogens (primary N) is 1. The molecule has 0 atom stereocenters. The summed E-state index contributed by atoms with van der Waals surface area (Å²) in [6.07, 6.45) is 3.89. The Kier molecular flexibility index (Phi) is 3.32. The maximum absolute atomic E-state index is 5.92. The highest BCUT2D eigenvalue weighted by Gasteiger charge is 1.99. The minimum atomic E-state index is 0.793. The molecule has 3 N–H and O–H groups in total. The van der Waals surface area contributed by atoms with E-state index in [1.807, 2.05) is 43.1 Å². The maximum atomic E-state index is 5.92. The number of hydrogen-bond acceptors (Lipinski definition) is 3. The highest BCUT2D eigenvalue weighted by Crippen LogP contribution is 2.18. The van der Waals surface area contributed by atoms with Gasteiger partial charge in [-0.05, 0) is 37.1 Å². The van der Waals surface area contributed by atoms with Gasteiger partial charge >= 0.3 is 0 Å². The molecule has 0 aliphatic carbocycles. The molecular formula is C13H18N4. The summed E-state index contributed by atoms with van der Waals surface area (Å²) in [6, 6.07) is 6.04. The summed E-state index contributed by atoms with van der Waals surface area (Å²) in [7, 11) is 0. The zero-order valence-corrected chi connectivity index (χ0v) is 10.3. The van der Waals surface area contributed by atoms with Gasteiger partial charge in [-0.1, -0.05) is 6.07 Å². The smallest absolute Gasteiger partial charge is 0.0582 e. The number of aryl methyl sites for hydroxylation is 2. The lowest BCUT2D eigenvalue weighted by Crippen LogP contribution is -2.11. The summed E-state index contributed by atoms with van der Waals surface area (Å²) in [4.78, 5) is 0. The van der Waals surface area contributed by atoms with Gasteiger partial charge in [-0.25, -0.2) is 0 Å². The van der Waals surface area contributed by atoms with Crippen LogP contribution in [0.1, 0.15) is 11.1 Å². The van der Waals surface area contributed by atoms with Crippen LogP contribution in [0.25, 0.3) is 0 Å². The van der Waals surface area contributed by atoms with E-state index < -0.39 is 0 Å². The van der Waals surface area contributed by atoms with Gasteiger partial charge in [-0.2, -0.15) is 5.10 Å². The van der Waals surface area contributed by atoms with Crippen molar-refractivity contribution < 1.29 is 0 Å². The highest BCUT2D eigenvalue weighted by molar-refractivity contribution is 5.66. The fourth-order valence-electron chi connectivity index (χ4n) is 1.74. The van der Waals surface area contributed by atoms with Crippen molar-refractivity contribution in [2.24, 2.45) is 0 Å². The Balaban J connectivity index is 1.90. The Morgan fingerprint density at radius 2 is 2.12 bits per heavy atom. The van der Waals surface area contributed by atoms with Crippen LogP contribution in [0.2, 0.25) is 0 Å². The molecule has 2 aromatic rings. The van der Waals surface area contributed by atoms with E-state index in [-0.39, 0.29) is 0 Å². The molecule has 0 radical (unpaired) electrons. The van der Waals surface area contributed by atoms with Crippen LogP contribution in [0, 0.1) is 13.8 Å². The minimum Gasteiger partial charge on any atom is -0.397 e. The second-order valence-corrected chi connectivity index (χ2v) is 4.30. The fraction of sp³-hybridized carbons (Fsp3) is 0.308. The largest absolute Gasteiger partial charge is 0.397 e. The van der Waals surface area contributed by atoms with E-state index in [4.69, 9.17) is 5.73 Å². The maximum Gasteiger partial charge on any atom is 0.0582 e. The van der Waals surface area contributed by atoms with E-state index >= 15 is 0 Å². The lowest BCUT2D eigenvalue weighted by Gasteiger charge is -2.09. The fourth-order valence-corrected chi connectivity index (χ4v) is 1.74. The van der Waals surface area contributed by atoms with E-state index in [1.54, 1.807) is 0 Å². The molecule has 1 aromatic carbocycles. The van der Waals surface area contributed by atoms with Gasteiger partial charge in [0.25, 0.3) is 0 Å². The average Bonchev–Trinajstić information content (AvgIpc) is 2.68. The summed E-state index contributed by atoms with van der Waals surface area (Å²) in [5, 5.41) is 7.54. The van der Waals surface area contributed by atoms with Crippen molar-refractivity contribution >= 4 is 11.4 Å². The summed E-state index contributed by atoms with van der Waals surface area (Å²) in [5.41, 5.74) is 10.1. The molecule has 90 valence electrons. The molecule has 4 heteroatoms. The molecule has 0 unspecified atom stereocenters. The molecule has 0 aliphatic rings. The molecule has 0 saturated carbocycles. The summed E-state index contributed by atoms with van der Waals surface area (Å²) in [6.45, 7) is 5.72. The van der Waals surface area contributed by atoms with Crippen LogP contribution in [-0.4, -0.2) is 16.3 Å². The molecule has 1 heterocycles. The van der Waals surface area contributed by atoms with E-state index in [0.717, 1.165) is 24.5 Å². The Morgan fingerprint density at radius 3 is 2.76 bits per heavy atom. The molecule has 17 heavy (non-hydrogen) atoms. The van der Waals surface area contributed by atoms with E-state index in [9.17, 15) is 0 Å². The zero-order valence-electron chi connectivity index (χ0n) is 10.3. The van der Waals surface area contributed by atoms with Crippen LogP contribution >= 0.6 is 0 Å². The van der Waals surface area contributed by atoms with E-state index in [1.165, 1.54) is 11.1 Å². The highest BCUT2D eigenvalue weighted by atomic mass is 15.3. The number of aromatic nitrogens is 2. The molecule has 0 aliphatic heterocycles. The van der Waals surface area contributed by atoms with Gasteiger partial charge in [0, 0.05) is 12.7 Å². The van der Waals surface area contributed by atoms with Gasteiger partial charge in [0.1, 0.15) is 0 Å². The minimum absolute atomic E-state index is 0.793. The SMILES string of the molecule is Cc1ccc(NCCn2cc(C)cn2)c(N)c1. The van der Waals surface area contributed by atoms with Crippen LogP contribution < -0.4 is 11.1 Å². The topological polar surface area (TPSA) is 55.9 Å². The molecule has 0 spiro atoms. The second-order valence-electron chi connectivity index (χ2n) is 4.30. The van der Waals surface area contributed by atoms with Gasteiger partial charge in [-0.15, -0.1) is 0 Å². The van der Waals surface area contributed by atoms with E-state index in [0.29, 0.717) is 0 Å². The van der Waals surface area contributed by atoms with Gasteiger partial charge in [0.2, 0.25) is 0 Å². The van der Waals surface area contributed by atoms with Crippen molar-refractivity contribution in [3.8, 4) is 0 Å². The number of rotatable bonds is 4. The number of anilines is 2. The molecule has 0 saturated heterocycles. The standard InChI is InChI=1S/C13H18N4/c1-10-3-4-13(12(14)7-10)15-5-6-17-9-11(2)8-16-17/h3-4,7-9,15H,5-6,14H2,1-2H3. The molecule has 0 amide bonds. The Bertz CT molecular complexity index is 502. The molecule has 0 fully saturated rings. The van der Waals surface area contributed by atoms with Crippen molar-refractivity contribution in [1.29, 1.82) is 0 Å². The van der Waals surface area contributed by atoms with Crippen molar-refractivity contribution in [1.82, 2.24) is 9.78 Å². The van der Waals surface area contributed by atoms with Crippen LogP contribution in [-0.2, 0) is 6.54 Å². The monoisotopic (exact) mass is 230 g/mol. The predicted octanol–water partition coefficient (Wildman–Crippen LogP) is 2.19. The van der Waals surface area contributed by atoms with Gasteiger partial charge in [-0.3, -0.25) is 4.68 Å². The number of hydrogen-bond donors (Lipinski definition) is 2. The number of nitrogens with one attached hydrogen (secondary N) is 1. The van der Waals surface area contributed by atoms with Crippen molar-refractivity contribution in [2.75, 3.05) is 17.6 Å². The van der Waals surface area contributed by atoms with Crippen LogP contribution in [0.4, 0.5) is 11.4 Å². The van der Waals surface area contributed by atoms with Crippen LogP contribution in [0.3, 0.4) is 0 Å². The summed E-state index contributed by atoms with van der Waals surface area (Å²) in [5.74, 6) is 0. The lowest BCUT2D eigenvalue weighted by molar-refractivity contribution is 0.637. The first-order valence-corrected chi connectivity index (χ1v) is 5.74. The third-order valence-corrected chi connectivity index (χ3v) is 2.63. The summed E-state index contributed by atoms with van der Waals surface area (Å²) < 4.78 is 1.92. The molecule has 0 bridgehead atoms. The third kappa shape index (κ3) is 3.00. The van der Waals surface area contributed by atoms with Gasteiger partial charge in [0.05, 0.1) is 24.1 Å². The lowest BCUT2D eigenvalue weighted by atomic mass is 10.2. The normalized spacial score (nSPS) is 10.5. The summed E-state index contributed by atoms with van der Waals surface area (Å²) >= 11 is 0. The van der Waals surface area contributed by atoms with Gasteiger partial charge in [0.15, 0.2) is 0 Å². The van der Waals surface area contributed by atoms with Crippen LogP contribution in [0.15, 0.2) is 30.6 Å². The average molecular weight is 230 g/mol. The Morgan fingerprint density at radius 1 is 1.29 bits per heavy atom. The van der Waals surface area contributed by atoms with Crippen LogP contribution in [0.5, 0.6) is 0 Å². The second kappa shape index (κ2) is 4.91. The number of nitrogens with zero attached hydrogens (tertiary/aromatic N) is 2. The Hall–Kier alpha value is -1.97. The molecular weight excluding hydrogens is 212 g/mol. The first kappa shape index (κ1) is 11.5. The third-order valence-electron chi connectivity index (χ3n) is 2.63. The van der Waals surface area contributed by atoms with Crippen molar-refractivity contribution in [3.05, 3.63) is 41.7 Å². The predicted molar refractivity (Wildman–Crippen MR) is 71.0 cm³/mol. The zero-order chi connectivity index (χ0) is 12.3. The molecule has 2 rings (SSSR count). The quantitative estimate of drug-likeness (QED) is 0.792. The first-order valence-electron chi connectivity index (χ1n) is 5.74. The van der Waals surface area contributed by atoms with Crippen molar-refractivity contribution in [3.63, 3.8) is 0 Å². The molecule has 1 aromatic heterocycles. The first-order chi connectivity index (χ1) is 8.15. The van der Waals surface area contributed by atoms with Crippen molar-refractivity contribution in [2.45, 2.75) is 20.4 Å². The number of benzene rings is 1. The Labute approximate surface area is 101 Å². The molecule has 4 nitrogen and oxygen atoms in total. The van der Waals surface area contributed by atoms with E-state index in [2.05, 4.69) is 16.5 Å².